The van der Waals surface area contributed by atoms with Crippen LogP contribution in [0.3, 0.4) is 0 Å². The molecule has 0 spiro atoms. The fourth-order valence-corrected chi connectivity index (χ4v) is 4.35. The Bertz CT molecular complexity index is 1610. The van der Waals surface area contributed by atoms with E-state index < -0.39 is 5.24 Å². The van der Waals surface area contributed by atoms with E-state index in [0.29, 0.717) is 23.2 Å². The number of hydrogen-bond acceptors (Lipinski definition) is 7. The quantitative estimate of drug-likeness (QED) is 0.191. The standard InChI is InChI=1S/C14H9BrN2O.C7H4BrClO.C7H6N4/c15-12-9-5-4-8-11(12)14-17-16-13(18-14)10-6-2-1-3-7-10;8-6-4-2-1-3-5(6)7(9)10;1-2-4-6(5-3-1)7-8-10-11-9-7/h1-9H;1-4H;1-5H,(H,8,9,10,11). The SMILES string of the molecule is Brc1ccccc1-c1nnc(-c2ccccc2)o1.O=C(Cl)c1ccccc1Br.c1ccc(-c2nn[nH]n2)cc1. The van der Waals surface area contributed by atoms with Crippen molar-refractivity contribution in [1.82, 2.24) is 30.8 Å². The van der Waals surface area contributed by atoms with Crippen LogP contribution >= 0.6 is 43.5 Å². The van der Waals surface area contributed by atoms with Crippen molar-refractivity contribution in [3.8, 4) is 34.3 Å². The first kappa shape index (κ1) is 28.0. The largest absolute Gasteiger partial charge is 0.416 e. The Morgan fingerprint density at radius 3 is 1.79 bits per heavy atom. The van der Waals surface area contributed by atoms with Gasteiger partial charge < -0.3 is 4.42 Å². The number of halogens is 3. The first-order valence-corrected chi connectivity index (χ1v) is 13.4. The molecular weight excluding hydrogens is 648 g/mol. The Balaban J connectivity index is 0.000000145. The summed E-state index contributed by atoms with van der Waals surface area (Å²) in [6, 6.07) is 34.2. The Morgan fingerprint density at radius 1 is 0.667 bits per heavy atom. The molecule has 11 heteroatoms. The molecule has 4 aromatic carbocycles. The molecule has 2 heterocycles. The van der Waals surface area contributed by atoms with E-state index in [2.05, 4.69) is 62.7 Å². The van der Waals surface area contributed by atoms with Gasteiger partial charge in [0.05, 0.1) is 5.56 Å². The lowest BCUT2D eigenvalue weighted by Gasteiger charge is -1.97. The second-order valence-corrected chi connectivity index (χ2v) is 9.67. The highest BCUT2D eigenvalue weighted by atomic mass is 79.9. The number of nitrogens with zero attached hydrogens (tertiary/aromatic N) is 5. The van der Waals surface area contributed by atoms with E-state index in [1.165, 1.54) is 0 Å². The topological polar surface area (TPSA) is 110 Å². The van der Waals surface area contributed by atoms with Crippen molar-refractivity contribution in [2.24, 2.45) is 0 Å². The van der Waals surface area contributed by atoms with E-state index in [1.807, 2.05) is 91.0 Å². The Hall–Kier alpha value is -3.99. The fraction of sp³-hybridized carbons (Fsp3) is 0. The molecule has 0 aliphatic heterocycles. The minimum Gasteiger partial charge on any atom is -0.416 e. The van der Waals surface area contributed by atoms with Crippen LogP contribution in [0.5, 0.6) is 0 Å². The fourth-order valence-electron chi connectivity index (χ4n) is 3.16. The predicted molar refractivity (Wildman–Crippen MR) is 157 cm³/mol. The molecule has 1 N–H and O–H groups in total. The van der Waals surface area contributed by atoms with Gasteiger partial charge in [-0.2, -0.15) is 5.21 Å². The van der Waals surface area contributed by atoms with Gasteiger partial charge in [-0.25, -0.2) is 0 Å². The minimum absolute atomic E-state index is 0.438. The molecule has 0 bridgehead atoms. The third-order valence-corrected chi connectivity index (χ3v) is 6.60. The monoisotopic (exact) mass is 664 g/mol. The van der Waals surface area contributed by atoms with Gasteiger partial charge in [0.15, 0.2) is 0 Å². The number of tetrazole rings is 1. The third kappa shape index (κ3) is 8.00. The highest BCUT2D eigenvalue weighted by Crippen LogP contribution is 2.29. The molecule has 0 unspecified atom stereocenters. The van der Waals surface area contributed by atoms with Crippen LogP contribution in [-0.4, -0.2) is 36.1 Å². The summed E-state index contributed by atoms with van der Waals surface area (Å²) in [5.41, 5.74) is 3.29. The van der Waals surface area contributed by atoms with Crippen LogP contribution in [-0.2, 0) is 0 Å². The minimum atomic E-state index is -0.438. The van der Waals surface area contributed by atoms with Crippen molar-refractivity contribution in [2.45, 2.75) is 0 Å². The van der Waals surface area contributed by atoms with Crippen molar-refractivity contribution in [3.05, 3.63) is 124 Å². The summed E-state index contributed by atoms with van der Waals surface area (Å²) in [7, 11) is 0. The summed E-state index contributed by atoms with van der Waals surface area (Å²) in [6.07, 6.45) is 0. The van der Waals surface area contributed by atoms with Gasteiger partial charge in [0, 0.05) is 25.6 Å². The van der Waals surface area contributed by atoms with Gasteiger partial charge in [-0.3, -0.25) is 4.79 Å². The van der Waals surface area contributed by atoms with Gasteiger partial charge in [0.2, 0.25) is 17.6 Å². The Kier molecular flexibility index (Phi) is 10.2. The van der Waals surface area contributed by atoms with E-state index in [4.69, 9.17) is 16.0 Å². The summed E-state index contributed by atoms with van der Waals surface area (Å²) in [4.78, 5) is 10.6. The average molecular weight is 667 g/mol. The number of aromatic nitrogens is 6. The lowest BCUT2D eigenvalue weighted by Crippen LogP contribution is -1.88. The number of carbonyl (C=O) groups excluding carboxylic acids is 1. The molecule has 0 fully saturated rings. The van der Waals surface area contributed by atoms with Crippen LogP contribution in [0, 0.1) is 0 Å². The van der Waals surface area contributed by atoms with Gasteiger partial charge in [0.25, 0.3) is 5.24 Å². The molecule has 0 atom stereocenters. The van der Waals surface area contributed by atoms with E-state index in [9.17, 15) is 4.79 Å². The maximum atomic E-state index is 10.6. The highest BCUT2D eigenvalue weighted by molar-refractivity contribution is 9.10. The van der Waals surface area contributed by atoms with Crippen LogP contribution in [0.25, 0.3) is 34.3 Å². The summed E-state index contributed by atoms with van der Waals surface area (Å²) in [5, 5.41) is 21.2. The van der Waals surface area contributed by atoms with Crippen molar-refractivity contribution in [1.29, 1.82) is 0 Å². The predicted octanol–water partition coefficient (Wildman–Crippen LogP) is 7.86. The molecule has 0 aliphatic rings. The molecule has 0 aliphatic carbocycles. The molecule has 2 aromatic heterocycles. The second-order valence-electron chi connectivity index (χ2n) is 7.61. The molecule has 39 heavy (non-hydrogen) atoms. The van der Waals surface area contributed by atoms with Crippen molar-refractivity contribution >= 4 is 48.7 Å². The molecule has 0 saturated carbocycles. The van der Waals surface area contributed by atoms with Crippen LogP contribution in [0.4, 0.5) is 0 Å². The van der Waals surface area contributed by atoms with E-state index >= 15 is 0 Å². The first-order chi connectivity index (χ1) is 19.0. The number of H-pyrrole nitrogens is 1. The smallest absolute Gasteiger partial charge is 0.253 e. The number of aromatic amines is 1. The molecule has 6 rings (SSSR count). The van der Waals surface area contributed by atoms with E-state index in [-0.39, 0.29) is 0 Å². The molecule has 6 aromatic rings. The molecule has 0 saturated heterocycles. The normalized spacial score (nSPS) is 10.0. The van der Waals surface area contributed by atoms with Crippen molar-refractivity contribution in [3.63, 3.8) is 0 Å². The van der Waals surface area contributed by atoms with Gasteiger partial charge in [0.1, 0.15) is 0 Å². The second kappa shape index (κ2) is 14.2. The molecular formula is C28H19Br2ClN6O2. The van der Waals surface area contributed by atoms with Crippen LogP contribution in [0.15, 0.2) is 123 Å². The van der Waals surface area contributed by atoms with E-state index in [0.717, 1.165) is 25.6 Å². The Morgan fingerprint density at radius 2 is 1.23 bits per heavy atom. The molecule has 0 amide bonds. The summed E-state index contributed by atoms with van der Waals surface area (Å²) in [6.45, 7) is 0. The number of benzene rings is 4. The van der Waals surface area contributed by atoms with Crippen LogP contribution in [0.2, 0.25) is 0 Å². The van der Waals surface area contributed by atoms with Crippen LogP contribution in [0.1, 0.15) is 10.4 Å². The zero-order valence-corrected chi connectivity index (χ0v) is 24.0. The summed E-state index contributed by atoms with van der Waals surface area (Å²) in [5.74, 6) is 1.67. The molecule has 8 nitrogen and oxygen atoms in total. The zero-order valence-electron chi connectivity index (χ0n) is 20.1. The van der Waals surface area contributed by atoms with Crippen molar-refractivity contribution in [2.75, 3.05) is 0 Å². The maximum absolute atomic E-state index is 10.6. The van der Waals surface area contributed by atoms with Gasteiger partial charge in [-0.1, -0.05) is 88.7 Å². The van der Waals surface area contributed by atoms with Crippen molar-refractivity contribution < 1.29 is 9.21 Å². The third-order valence-electron chi connectivity index (χ3n) is 5.01. The van der Waals surface area contributed by atoms with Crippen LogP contribution < -0.4 is 0 Å². The summed E-state index contributed by atoms with van der Waals surface area (Å²) < 4.78 is 7.35. The number of carbonyl (C=O) groups is 1. The van der Waals surface area contributed by atoms with Gasteiger partial charge in [-0.15, -0.1) is 20.4 Å². The lowest BCUT2D eigenvalue weighted by atomic mass is 10.2. The highest BCUT2D eigenvalue weighted by Gasteiger charge is 2.12. The summed E-state index contributed by atoms with van der Waals surface area (Å²) >= 11 is 11.9. The number of rotatable bonds is 4. The average Bonchev–Trinajstić information content (AvgIpc) is 3.69. The lowest BCUT2D eigenvalue weighted by molar-refractivity contribution is 0.108. The molecule has 194 valence electrons. The first-order valence-electron chi connectivity index (χ1n) is 11.4. The molecule has 0 radical (unpaired) electrons. The number of hydrogen-bond donors (Lipinski definition) is 1. The van der Waals surface area contributed by atoms with Gasteiger partial charge >= 0.3 is 0 Å². The Labute approximate surface area is 245 Å². The van der Waals surface area contributed by atoms with Gasteiger partial charge in [-0.05, 0) is 69.1 Å². The zero-order chi connectivity index (χ0) is 27.5. The maximum Gasteiger partial charge on any atom is 0.253 e. The van der Waals surface area contributed by atoms with E-state index in [1.54, 1.807) is 18.2 Å². The number of nitrogens with one attached hydrogen (secondary N) is 1.